The monoisotopic (exact) mass is 560 g/mol. The van der Waals surface area contributed by atoms with E-state index in [-0.39, 0.29) is 29.9 Å². The zero-order chi connectivity index (χ0) is 23.1. The zero-order valence-electron chi connectivity index (χ0n) is 19.9. The minimum atomic E-state index is 0. The predicted octanol–water partition coefficient (Wildman–Crippen LogP) is 3.53. The maximum Gasteiger partial charge on any atom is 0.253 e. The number of fused-ring (bicyclic) bond motifs is 1. The number of amides is 1. The van der Waals surface area contributed by atoms with Crippen LogP contribution >= 0.6 is 24.0 Å². The summed E-state index contributed by atoms with van der Waals surface area (Å²) in [5.41, 5.74) is 3.95. The number of nitrogens with zero attached hydrogens (tertiary/aromatic N) is 4. The fraction of sp³-hybridized carbons (Fsp3) is 0.320. The highest BCUT2D eigenvalue weighted by molar-refractivity contribution is 14.0. The number of hydrogen-bond donors (Lipinski definition) is 2. The van der Waals surface area contributed by atoms with Gasteiger partial charge in [0.2, 0.25) is 0 Å². The van der Waals surface area contributed by atoms with Gasteiger partial charge in [-0.25, -0.2) is 4.98 Å². The quantitative estimate of drug-likeness (QED) is 0.263. The highest BCUT2D eigenvalue weighted by Crippen LogP contribution is 2.22. The van der Waals surface area contributed by atoms with Crippen molar-refractivity contribution in [2.75, 3.05) is 46.7 Å². The number of carbonyl (C=O) groups is 1. The van der Waals surface area contributed by atoms with E-state index < -0.39 is 0 Å². The first kappa shape index (κ1) is 26.4. The summed E-state index contributed by atoms with van der Waals surface area (Å²) in [4.78, 5) is 24.9. The average molecular weight is 560 g/mol. The van der Waals surface area contributed by atoms with Crippen LogP contribution in [0.5, 0.6) is 0 Å². The fourth-order valence-corrected chi connectivity index (χ4v) is 3.45. The standard InChI is InChI=1S/C25H32N6O.HI/c1-26-25(27-14-13-18-9-8-10-19(15-18)24(32)31(4)5)28-17-20-16-23(30(2)3)29-22-12-7-6-11-21(20)22;/h6-12,15-16H,13-14,17H2,1-5H3,(H2,26,27,28);1H. The molecule has 3 aromatic rings. The molecule has 0 unspecified atom stereocenters. The molecule has 0 saturated carbocycles. The zero-order valence-corrected chi connectivity index (χ0v) is 22.3. The van der Waals surface area contributed by atoms with Crippen molar-refractivity contribution >= 4 is 52.6 Å². The molecule has 2 N–H and O–H groups in total. The van der Waals surface area contributed by atoms with Gasteiger partial charge in [0.25, 0.3) is 5.91 Å². The number of nitrogens with one attached hydrogen (secondary N) is 2. The van der Waals surface area contributed by atoms with Crippen molar-refractivity contribution in [3.8, 4) is 0 Å². The van der Waals surface area contributed by atoms with Gasteiger partial charge in [-0.3, -0.25) is 9.79 Å². The van der Waals surface area contributed by atoms with E-state index in [1.165, 1.54) is 0 Å². The first-order chi connectivity index (χ1) is 15.4. The SMILES string of the molecule is CN=C(NCCc1cccc(C(=O)N(C)C)c1)NCc1cc(N(C)C)nc2ccccc12.I. The average Bonchev–Trinajstić information content (AvgIpc) is 2.80. The molecule has 0 atom stereocenters. The second-order valence-electron chi connectivity index (χ2n) is 8.05. The molecule has 0 saturated heterocycles. The van der Waals surface area contributed by atoms with Gasteiger partial charge in [0.05, 0.1) is 5.52 Å². The molecule has 0 radical (unpaired) electrons. The van der Waals surface area contributed by atoms with Crippen molar-refractivity contribution in [3.63, 3.8) is 0 Å². The van der Waals surface area contributed by atoms with Crippen molar-refractivity contribution < 1.29 is 4.79 Å². The molecule has 0 bridgehead atoms. The summed E-state index contributed by atoms with van der Waals surface area (Å²) in [6, 6.07) is 18.0. The first-order valence-electron chi connectivity index (χ1n) is 10.7. The Hall–Kier alpha value is -2.88. The normalized spacial score (nSPS) is 11.0. The molecule has 1 aromatic heterocycles. The summed E-state index contributed by atoms with van der Waals surface area (Å²) in [5, 5.41) is 7.90. The van der Waals surface area contributed by atoms with E-state index in [1.54, 1.807) is 26.0 Å². The number of hydrogen-bond acceptors (Lipinski definition) is 4. The predicted molar refractivity (Wildman–Crippen MR) is 148 cm³/mol. The number of carbonyl (C=O) groups excluding carboxylic acids is 1. The van der Waals surface area contributed by atoms with Crippen LogP contribution < -0.4 is 15.5 Å². The summed E-state index contributed by atoms with van der Waals surface area (Å²) in [6.07, 6.45) is 0.790. The second-order valence-corrected chi connectivity index (χ2v) is 8.05. The number of pyridine rings is 1. The Balaban J connectivity index is 0.00000385. The van der Waals surface area contributed by atoms with Crippen molar-refractivity contribution in [3.05, 3.63) is 71.3 Å². The van der Waals surface area contributed by atoms with Crippen LogP contribution in [0.2, 0.25) is 0 Å². The maximum atomic E-state index is 12.2. The van der Waals surface area contributed by atoms with Gasteiger partial charge in [0.15, 0.2) is 5.96 Å². The third-order valence-corrected chi connectivity index (χ3v) is 5.20. The van der Waals surface area contributed by atoms with Gasteiger partial charge in [0.1, 0.15) is 5.82 Å². The number of aliphatic imine (C=N–C) groups is 1. The molecular weight excluding hydrogens is 527 g/mol. The van der Waals surface area contributed by atoms with E-state index >= 15 is 0 Å². The molecule has 2 aromatic carbocycles. The Morgan fingerprint density at radius 1 is 1.00 bits per heavy atom. The summed E-state index contributed by atoms with van der Waals surface area (Å²) >= 11 is 0. The van der Waals surface area contributed by atoms with Crippen molar-refractivity contribution in [1.29, 1.82) is 0 Å². The van der Waals surface area contributed by atoms with Gasteiger partial charge in [-0.15, -0.1) is 24.0 Å². The van der Waals surface area contributed by atoms with Gasteiger partial charge in [0, 0.05) is 59.3 Å². The Kier molecular flexibility index (Phi) is 9.90. The summed E-state index contributed by atoms with van der Waals surface area (Å²) in [5.74, 6) is 1.67. The topological polar surface area (TPSA) is 72.9 Å². The molecule has 0 aliphatic heterocycles. The maximum absolute atomic E-state index is 12.2. The van der Waals surface area contributed by atoms with E-state index in [0.29, 0.717) is 18.7 Å². The molecule has 0 aliphatic carbocycles. The molecule has 33 heavy (non-hydrogen) atoms. The van der Waals surface area contributed by atoms with Crippen LogP contribution in [0.3, 0.4) is 0 Å². The van der Waals surface area contributed by atoms with Crippen LogP contribution in [-0.2, 0) is 13.0 Å². The van der Waals surface area contributed by atoms with Crippen LogP contribution in [-0.4, -0.2) is 63.5 Å². The lowest BCUT2D eigenvalue weighted by atomic mass is 10.1. The summed E-state index contributed by atoms with van der Waals surface area (Å²) in [7, 11) is 9.28. The van der Waals surface area contributed by atoms with Crippen LogP contribution in [0.15, 0.2) is 59.6 Å². The Morgan fingerprint density at radius 3 is 2.45 bits per heavy atom. The van der Waals surface area contributed by atoms with Crippen molar-refractivity contribution in [2.24, 2.45) is 4.99 Å². The molecule has 7 nitrogen and oxygen atoms in total. The molecule has 3 rings (SSSR count). The molecule has 176 valence electrons. The molecule has 0 fully saturated rings. The highest BCUT2D eigenvalue weighted by atomic mass is 127. The van der Waals surface area contributed by atoms with Gasteiger partial charge >= 0.3 is 0 Å². The van der Waals surface area contributed by atoms with Crippen LogP contribution in [0.25, 0.3) is 10.9 Å². The van der Waals surface area contributed by atoms with Crippen LogP contribution in [0.1, 0.15) is 21.5 Å². The van der Waals surface area contributed by atoms with Crippen molar-refractivity contribution in [1.82, 2.24) is 20.5 Å². The van der Waals surface area contributed by atoms with Crippen molar-refractivity contribution in [2.45, 2.75) is 13.0 Å². The lowest BCUT2D eigenvalue weighted by molar-refractivity contribution is 0.0827. The largest absolute Gasteiger partial charge is 0.363 e. The molecule has 1 heterocycles. The number of anilines is 1. The lowest BCUT2D eigenvalue weighted by Crippen LogP contribution is -2.38. The molecule has 0 spiro atoms. The van der Waals surface area contributed by atoms with Crippen LogP contribution in [0, 0.1) is 0 Å². The molecule has 8 heteroatoms. The van der Waals surface area contributed by atoms with E-state index in [4.69, 9.17) is 4.98 Å². The Bertz CT molecular complexity index is 1110. The van der Waals surface area contributed by atoms with E-state index in [0.717, 1.165) is 40.2 Å². The second kappa shape index (κ2) is 12.4. The first-order valence-corrected chi connectivity index (χ1v) is 10.7. The van der Waals surface area contributed by atoms with Crippen LogP contribution in [0.4, 0.5) is 5.82 Å². The van der Waals surface area contributed by atoms with E-state index in [9.17, 15) is 4.79 Å². The van der Waals surface area contributed by atoms with Gasteiger partial charge < -0.3 is 20.4 Å². The molecular formula is C25H33IN6O. The lowest BCUT2D eigenvalue weighted by Gasteiger charge is -2.17. The number of rotatable bonds is 7. The van der Waals surface area contributed by atoms with Gasteiger partial charge in [-0.1, -0.05) is 30.3 Å². The smallest absolute Gasteiger partial charge is 0.253 e. The minimum absolute atomic E-state index is 0. The number of para-hydroxylation sites is 1. The summed E-state index contributed by atoms with van der Waals surface area (Å²) < 4.78 is 0. The highest BCUT2D eigenvalue weighted by Gasteiger charge is 2.09. The third-order valence-electron chi connectivity index (χ3n) is 5.20. The van der Waals surface area contributed by atoms with Gasteiger partial charge in [-0.2, -0.15) is 0 Å². The van der Waals surface area contributed by atoms with E-state index in [2.05, 4.69) is 27.8 Å². The number of aromatic nitrogens is 1. The fourth-order valence-electron chi connectivity index (χ4n) is 3.45. The molecule has 0 aliphatic rings. The third kappa shape index (κ3) is 7.05. The molecule has 1 amide bonds. The number of halogens is 1. The Labute approximate surface area is 213 Å². The number of guanidine groups is 1. The van der Waals surface area contributed by atoms with E-state index in [1.807, 2.05) is 61.5 Å². The minimum Gasteiger partial charge on any atom is -0.363 e. The van der Waals surface area contributed by atoms with Gasteiger partial charge in [-0.05, 0) is 41.8 Å². The summed E-state index contributed by atoms with van der Waals surface area (Å²) in [6.45, 7) is 1.34. The Morgan fingerprint density at radius 2 is 1.76 bits per heavy atom. The number of benzene rings is 2.